The first-order chi connectivity index (χ1) is 4.54. The van der Waals surface area contributed by atoms with Crippen molar-refractivity contribution in [2.75, 3.05) is 6.54 Å². The van der Waals surface area contributed by atoms with E-state index in [1.807, 2.05) is 6.92 Å². The molecule has 0 amide bonds. The summed E-state index contributed by atoms with van der Waals surface area (Å²) < 4.78 is 2.00. The van der Waals surface area contributed by atoms with Crippen LogP contribution < -0.4 is 5.73 Å². The molecular weight excluding hydrogens is 158 g/mol. The van der Waals surface area contributed by atoms with Gasteiger partial charge in [-0.05, 0) is 6.54 Å². The van der Waals surface area contributed by atoms with E-state index in [-0.39, 0.29) is 0 Å². The Bertz CT molecular complexity index is 47.2. The van der Waals surface area contributed by atoms with Crippen LogP contribution in [0.1, 0.15) is 34.6 Å². The molecule has 0 aromatic rings. The Labute approximate surface area is 74.7 Å². The van der Waals surface area contributed by atoms with E-state index in [4.69, 9.17) is 5.73 Å². The van der Waals surface area contributed by atoms with Crippen molar-refractivity contribution in [3.8, 4) is 0 Å². The van der Waals surface area contributed by atoms with Gasteiger partial charge in [0.25, 0.3) is 0 Å². The molecule has 0 aromatic heterocycles. The number of hydrogen-bond acceptors (Lipinski definition) is 1. The molecule has 2 N–H and O–H groups in total. The summed E-state index contributed by atoms with van der Waals surface area (Å²) in [4.78, 5) is 0. The van der Waals surface area contributed by atoms with Gasteiger partial charge in [0.05, 0.1) is 0 Å². The van der Waals surface area contributed by atoms with Crippen molar-refractivity contribution < 1.29 is 19.2 Å². The molecule has 10 heavy (non-hydrogen) atoms. The fourth-order valence-electron chi connectivity index (χ4n) is 0.667. The molecule has 0 spiro atoms. The van der Waals surface area contributed by atoms with Crippen molar-refractivity contribution in [1.29, 1.82) is 0 Å². The number of hydrogen-bond donors (Lipinski definition) is 1. The molecule has 0 aliphatic carbocycles. The third-order valence-corrected chi connectivity index (χ3v) is 2.75. The molecule has 0 saturated carbocycles. The van der Waals surface area contributed by atoms with Gasteiger partial charge in [0.1, 0.15) is 0 Å². The van der Waals surface area contributed by atoms with E-state index >= 15 is 0 Å². The van der Waals surface area contributed by atoms with Gasteiger partial charge in [0, 0.05) is 0 Å². The summed E-state index contributed by atoms with van der Waals surface area (Å²) in [7, 11) is 0. The van der Waals surface area contributed by atoms with E-state index in [2.05, 4.69) is 27.7 Å². The van der Waals surface area contributed by atoms with Gasteiger partial charge in [-0.2, -0.15) is 0 Å². The molecule has 0 atom stereocenters. The fraction of sp³-hybridized carbons (Fsp3) is 1.00. The first-order valence-corrected chi connectivity index (χ1v) is 5.81. The van der Waals surface area contributed by atoms with Crippen molar-refractivity contribution in [3.05, 3.63) is 0 Å². The van der Waals surface area contributed by atoms with Gasteiger partial charge in [-0.15, -0.1) is 0 Å². The number of rotatable bonds is 2. The molecule has 0 aliphatic rings. The quantitative estimate of drug-likeness (QED) is 0.648. The first-order valence-electron chi connectivity index (χ1n) is 4.00. The summed E-state index contributed by atoms with van der Waals surface area (Å²) in [5.74, 6) is 0. The third kappa shape index (κ3) is 23.4. The Morgan fingerprint density at radius 2 is 1.30 bits per heavy atom. The Balaban J connectivity index is 0. The van der Waals surface area contributed by atoms with Gasteiger partial charge in [-0.25, -0.2) is 0 Å². The predicted octanol–water partition coefficient (Wildman–Crippen LogP) is 2.69. The summed E-state index contributed by atoms with van der Waals surface area (Å²) in [6.45, 7) is 11.9. The van der Waals surface area contributed by atoms with Crippen LogP contribution in [0.15, 0.2) is 0 Å². The van der Waals surface area contributed by atoms with Crippen LogP contribution in [0.25, 0.3) is 0 Å². The maximum atomic E-state index is 4.85. The van der Waals surface area contributed by atoms with E-state index < -0.39 is 0 Å². The number of nitrogens with two attached hydrogens (primary N) is 1. The molecule has 0 aliphatic heterocycles. The topological polar surface area (TPSA) is 26.0 Å². The molecule has 0 aromatic carbocycles. The molecule has 2 heteroatoms. The van der Waals surface area contributed by atoms with Crippen LogP contribution in [-0.2, 0) is 19.2 Å². The van der Waals surface area contributed by atoms with Crippen molar-refractivity contribution in [2.24, 2.45) is 5.73 Å². The van der Waals surface area contributed by atoms with Crippen molar-refractivity contribution in [2.45, 2.75) is 43.1 Å². The van der Waals surface area contributed by atoms with Gasteiger partial charge in [0.15, 0.2) is 0 Å². The van der Waals surface area contributed by atoms with Crippen LogP contribution in [0.3, 0.4) is 0 Å². The molecule has 0 radical (unpaired) electrons. The normalized spacial score (nSPS) is 9.20. The second kappa shape index (κ2) is 9.67. The zero-order valence-electron chi connectivity index (χ0n) is 7.94. The summed E-state index contributed by atoms with van der Waals surface area (Å²) in [5.41, 5.74) is 4.85. The zero-order valence-corrected chi connectivity index (χ0v) is 9.50. The second-order valence-corrected chi connectivity index (χ2v) is 7.01. The van der Waals surface area contributed by atoms with Gasteiger partial charge < -0.3 is 5.73 Å². The van der Waals surface area contributed by atoms with Crippen LogP contribution in [0.2, 0.25) is 8.45 Å². The average molecular weight is 179 g/mol. The average Bonchev–Trinajstić information content (AvgIpc) is 1.62. The Morgan fingerprint density at radius 3 is 1.30 bits per heavy atom. The van der Waals surface area contributed by atoms with Gasteiger partial charge >= 0.3 is 55.3 Å². The predicted molar refractivity (Wildman–Crippen MR) is 44.9 cm³/mol. The van der Waals surface area contributed by atoms with Crippen molar-refractivity contribution >= 4 is 0 Å². The monoisotopic (exact) mass is 179 g/mol. The second-order valence-electron chi connectivity index (χ2n) is 2.88. The molecule has 0 heterocycles. The van der Waals surface area contributed by atoms with Crippen LogP contribution in [0.4, 0.5) is 0 Å². The summed E-state index contributed by atoms with van der Waals surface area (Å²) >= 11 is 0.389. The summed E-state index contributed by atoms with van der Waals surface area (Å²) in [6, 6.07) is 0. The van der Waals surface area contributed by atoms with Gasteiger partial charge in [-0.3, -0.25) is 0 Å². The SMILES string of the molecule is CCN.C[CH](C)[Ti][CH](C)C. The Kier molecular flexibility index (Phi) is 12.8. The van der Waals surface area contributed by atoms with Crippen molar-refractivity contribution in [1.82, 2.24) is 0 Å². The van der Waals surface area contributed by atoms with Crippen LogP contribution >= 0.6 is 0 Å². The Morgan fingerprint density at radius 1 is 1.10 bits per heavy atom. The molecule has 0 saturated heterocycles. The van der Waals surface area contributed by atoms with E-state index in [0.29, 0.717) is 19.2 Å². The fourth-order valence-corrected chi connectivity index (χ4v) is 2.75. The molecule has 0 rings (SSSR count). The minimum absolute atomic E-state index is 0.389. The molecular formula is C8H21NTi. The molecule has 0 unspecified atom stereocenters. The van der Waals surface area contributed by atoms with Crippen molar-refractivity contribution in [3.63, 3.8) is 0 Å². The van der Waals surface area contributed by atoms with Crippen LogP contribution in [0, 0.1) is 0 Å². The maximum absolute atomic E-state index is 4.85. The molecule has 62 valence electrons. The molecule has 0 fully saturated rings. The van der Waals surface area contributed by atoms with E-state index in [9.17, 15) is 0 Å². The molecule has 0 bridgehead atoms. The van der Waals surface area contributed by atoms with E-state index in [1.165, 1.54) is 0 Å². The summed E-state index contributed by atoms with van der Waals surface area (Å²) in [5, 5.41) is 0. The van der Waals surface area contributed by atoms with E-state index in [0.717, 1.165) is 15.0 Å². The minimum atomic E-state index is 0.389. The zero-order chi connectivity index (χ0) is 8.57. The van der Waals surface area contributed by atoms with E-state index in [1.54, 1.807) is 0 Å². The van der Waals surface area contributed by atoms with Crippen LogP contribution in [-0.4, -0.2) is 6.54 Å². The standard InChI is InChI=1S/2C3H7.C2H7N.Ti/c2*1-3-2;1-2-3;/h2*3H,1-2H3;2-3H2,1H3;. The summed E-state index contributed by atoms with van der Waals surface area (Å²) in [6.07, 6.45) is 0. The molecule has 1 nitrogen and oxygen atoms in total. The first kappa shape index (κ1) is 13.3. The van der Waals surface area contributed by atoms with Crippen LogP contribution in [0.5, 0.6) is 0 Å². The third-order valence-electron chi connectivity index (χ3n) is 0.667. The van der Waals surface area contributed by atoms with Gasteiger partial charge in [-0.1, -0.05) is 6.92 Å². The van der Waals surface area contributed by atoms with Gasteiger partial charge in [0.2, 0.25) is 0 Å². The Hall–Kier alpha value is 0.674.